The van der Waals surface area contributed by atoms with E-state index in [2.05, 4.69) is 31.2 Å². The lowest BCUT2D eigenvalue weighted by Crippen LogP contribution is -1.85. The van der Waals surface area contributed by atoms with E-state index in [0.717, 1.165) is 0 Å². The molecule has 0 spiro atoms. The van der Waals surface area contributed by atoms with Gasteiger partial charge in [0.15, 0.2) is 0 Å². The zero-order valence-corrected chi connectivity index (χ0v) is 6.42. The van der Waals surface area contributed by atoms with Crippen LogP contribution in [-0.2, 0) is 11.3 Å². The topological polar surface area (TPSA) is 9.23 Å². The van der Waals surface area contributed by atoms with Gasteiger partial charge in [-0.25, -0.2) is 0 Å². The number of hydrogen-bond acceptors (Lipinski definition) is 1. The van der Waals surface area contributed by atoms with Crippen molar-refractivity contribution in [3.63, 3.8) is 0 Å². The monoisotopic (exact) mass is 200 g/mol. The van der Waals surface area contributed by atoms with Gasteiger partial charge in [0, 0.05) is 7.11 Å². The molecular weight excluding hydrogens is 172 g/mol. The Labute approximate surface area is 91.1 Å². The summed E-state index contributed by atoms with van der Waals surface area (Å²) < 4.78 is 4.97. The second-order valence-corrected chi connectivity index (χ2v) is 2.42. The summed E-state index contributed by atoms with van der Waals surface area (Å²) >= 11 is 0. The van der Waals surface area contributed by atoms with E-state index in [0.29, 0.717) is 6.61 Å². The number of hydrogen-bond donors (Lipinski definition) is 0. The average molecular weight is 200 g/mol. The highest BCUT2D eigenvalue weighted by Gasteiger charge is 1.88. The van der Waals surface area contributed by atoms with Crippen LogP contribution in [0.2, 0.25) is 0 Å². The van der Waals surface area contributed by atoms with Gasteiger partial charge in [-0.1, -0.05) is 59.5 Å². The lowest BCUT2D eigenvalue weighted by Gasteiger charge is -1.98. The molecule has 1 aromatic rings. The van der Waals surface area contributed by atoms with Gasteiger partial charge in [-0.3, -0.25) is 0 Å². The maximum absolute atomic E-state index is 4.97. The lowest BCUT2D eigenvalue weighted by molar-refractivity contribution is 0.185. The molecule has 0 saturated heterocycles. The van der Waals surface area contributed by atoms with E-state index in [1.54, 1.807) is 7.11 Å². The summed E-state index contributed by atoms with van der Waals surface area (Å²) in [4.78, 5) is 0. The molecule has 0 aliphatic rings. The summed E-state index contributed by atoms with van der Waals surface area (Å²) in [5.74, 6) is 0. The third kappa shape index (κ3) is 7.81. The zero-order valence-electron chi connectivity index (χ0n) is 6.42. The highest BCUT2D eigenvalue weighted by atomic mass is 16.5. The maximum Gasteiger partial charge on any atom is 0.0713 e. The largest absolute Gasteiger partial charge is 0.380 e. The molecule has 0 aliphatic heterocycles. The minimum absolute atomic E-state index is 0. The van der Waals surface area contributed by atoms with Crippen molar-refractivity contribution in [1.82, 2.24) is 0 Å². The Balaban J connectivity index is -0.000000125. The third-order valence-electron chi connectivity index (χ3n) is 1.43. The molecule has 0 bridgehead atoms. The van der Waals surface area contributed by atoms with Gasteiger partial charge < -0.3 is 4.74 Å². The van der Waals surface area contributed by atoms with Crippen molar-refractivity contribution in [3.05, 3.63) is 35.4 Å². The highest BCUT2D eigenvalue weighted by molar-refractivity contribution is 5.20. The highest BCUT2D eigenvalue weighted by Crippen LogP contribution is 2.03. The molecule has 0 saturated carbocycles. The third-order valence-corrected chi connectivity index (χ3v) is 1.43. The lowest BCUT2D eigenvalue weighted by atomic mass is 10.2. The van der Waals surface area contributed by atoms with E-state index in [4.69, 9.17) is 4.74 Å². The summed E-state index contributed by atoms with van der Waals surface area (Å²) in [5, 5.41) is 0. The molecule has 1 aromatic carbocycles. The number of benzene rings is 1. The molecule has 0 heterocycles. The summed E-state index contributed by atoms with van der Waals surface area (Å²) in [6, 6.07) is 8.35. The van der Waals surface area contributed by atoms with Crippen LogP contribution in [0.25, 0.3) is 0 Å². The fraction of sp³-hybridized carbons (Fsp3) is 0.538. The first-order valence-corrected chi connectivity index (χ1v) is 3.37. The Hall–Kier alpha value is -0.820. The Kier molecular flexibility index (Phi) is 20.2. The number of ether oxygens (including phenoxy) is 1. The molecule has 1 heteroatoms. The minimum Gasteiger partial charge on any atom is -0.380 e. The van der Waals surface area contributed by atoms with Crippen molar-refractivity contribution in [2.75, 3.05) is 7.11 Å². The van der Waals surface area contributed by atoms with Gasteiger partial charge in [0.05, 0.1) is 6.61 Å². The first kappa shape index (κ1) is 23.2. The SMILES string of the molecule is C.C.C.C.COCc1ccc(C)cc1. The van der Waals surface area contributed by atoms with Crippen molar-refractivity contribution in [3.8, 4) is 0 Å². The van der Waals surface area contributed by atoms with Crippen molar-refractivity contribution in [2.45, 2.75) is 43.2 Å². The standard InChI is InChI=1S/C9H12O.4CH4/c1-8-3-5-9(6-4-8)7-10-2;;;;/h3-6H,7H2,1-2H3;4*1H4. The van der Waals surface area contributed by atoms with E-state index in [9.17, 15) is 0 Å². The average Bonchev–Trinajstić information content (AvgIpc) is 1.95. The van der Waals surface area contributed by atoms with Gasteiger partial charge in [0.25, 0.3) is 0 Å². The van der Waals surface area contributed by atoms with E-state index in [1.807, 2.05) is 0 Å². The van der Waals surface area contributed by atoms with Gasteiger partial charge in [-0.2, -0.15) is 0 Å². The van der Waals surface area contributed by atoms with Crippen LogP contribution >= 0.6 is 0 Å². The van der Waals surface area contributed by atoms with Crippen LogP contribution in [0.5, 0.6) is 0 Å². The second kappa shape index (κ2) is 12.2. The van der Waals surface area contributed by atoms with Gasteiger partial charge in [0.1, 0.15) is 0 Å². The summed E-state index contributed by atoms with van der Waals surface area (Å²) in [7, 11) is 1.71. The fourth-order valence-corrected chi connectivity index (χ4v) is 0.851. The van der Waals surface area contributed by atoms with Crippen LogP contribution in [-0.4, -0.2) is 7.11 Å². The van der Waals surface area contributed by atoms with Gasteiger partial charge in [-0.05, 0) is 12.5 Å². The minimum atomic E-state index is 0. The predicted octanol–water partition coefficient (Wildman–Crippen LogP) is 4.69. The van der Waals surface area contributed by atoms with Gasteiger partial charge >= 0.3 is 0 Å². The molecule has 14 heavy (non-hydrogen) atoms. The summed E-state index contributed by atoms with van der Waals surface area (Å²) in [6.45, 7) is 2.79. The van der Waals surface area contributed by atoms with Crippen LogP contribution in [0, 0.1) is 6.92 Å². The number of methoxy groups -OCH3 is 1. The Morgan fingerprint density at radius 1 is 0.929 bits per heavy atom. The van der Waals surface area contributed by atoms with Crippen molar-refractivity contribution >= 4 is 0 Å². The number of rotatable bonds is 2. The zero-order chi connectivity index (χ0) is 7.40. The van der Waals surface area contributed by atoms with Crippen LogP contribution in [0.15, 0.2) is 24.3 Å². The molecule has 0 radical (unpaired) electrons. The molecule has 0 N–H and O–H groups in total. The van der Waals surface area contributed by atoms with E-state index in [-0.39, 0.29) is 29.7 Å². The Morgan fingerprint density at radius 2 is 1.36 bits per heavy atom. The van der Waals surface area contributed by atoms with E-state index in [1.165, 1.54) is 11.1 Å². The summed E-state index contributed by atoms with van der Waals surface area (Å²) in [6.07, 6.45) is 0. The fourth-order valence-electron chi connectivity index (χ4n) is 0.851. The normalized spacial score (nSPS) is 7.00. The molecule has 1 rings (SSSR count). The maximum atomic E-state index is 4.97. The molecular formula is C13H28O. The van der Waals surface area contributed by atoms with E-state index < -0.39 is 0 Å². The van der Waals surface area contributed by atoms with E-state index >= 15 is 0 Å². The van der Waals surface area contributed by atoms with Gasteiger partial charge in [-0.15, -0.1) is 0 Å². The van der Waals surface area contributed by atoms with Gasteiger partial charge in [0.2, 0.25) is 0 Å². The molecule has 0 fully saturated rings. The molecule has 0 aliphatic carbocycles. The number of aryl methyl sites for hydroxylation is 1. The quantitative estimate of drug-likeness (QED) is 0.673. The van der Waals surface area contributed by atoms with Crippen LogP contribution < -0.4 is 0 Å². The first-order chi connectivity index (χ1) is 4.83. The second-order valence-electron chi connectivity index (χ2n) is 2.42. The molecule has 0 aromatic heterocycles. The molecule has 0 atom stereocenters. The Bertz CT molecular complexity index is 189. The molecule has 0 amide bonds. The smallest absolute Gasteiger partial charge is 0.0713 e. The molecule has 0 unspecified atom stereocenters. The van der Waals surface area contributed by atoms with Crippen molar-refractivity contribution < 1.29 is 4.74 Å². The first-order valence-electron chi connectivity index (χ1n) is 3.37. The van der Waals surface area contributed by atoms with Crippen LogP contribution in [0.4, 0.5) is 0 Å². The Morgan fingerprint density at radius 3 is 1.71 bits per heavy atom. The van der Waals surface area contributed by atoms with Crippen LogP contribution in [0.3, 0.4) is 0 Å². The van der Waals surface area contributed by atoms with Crippen LogP contribution in [0.1, 0.15) is 40.8 Å². The van der Waals surface area contributed by atoms with Crippen molar-refractivity contribution in [1.29, 1.82) is 0 Å². The molecule has 86 valence electrons. The summed E-state index contributed by atoms with van der Waals surface area (Å²) in [5.41, 5.74) is 2.52. The predicted molar refractivity (Wildman–Crippen MR) is 68.8 cm³/mol. The van der Waals surface area contributed by atoms with Crippen molar-refractivity contribution in [2.24, 2.45) is 0 Å². The molecule has 1 nitrogen and oxygen atoms in total.